The monoisotopic (exact) mass is 380 g/mol. The molecule has 1 aliphatic heterocycles. The number of benzene rings is 1. The zero-order chi connectivity index (χ0) is 19.0. The highest BCUT2D eigenvalue weighted by Gasteiger charge is 2.36. The van der Waals surface area contributed by atoms with Gasteiger partial charge in [-0.3, -0.25) is 19.3 Å². The van der Waals surface area contributed by atoms with Crippen LogP contribution in [0.1, 0.15) is 42.4 Å². The molecule has 7 heteroatoms. The van der Waals surface area contributed by atoms with Crippen LogP contribution in [0, 0.1) is 0 Å². The third-order valence-corrected chi connectivity index (χ3v) is 5.19. The van der Waals surface area contributed by atoms with Gasteiger partial charge < -0.3 is 9.32 Å². The fraction of sp³-hybridized carbons (Fsp3) is 0.150. The predicted octanol–water partition coefficient (Wildman–Crippen LogP) is 3.41. The van der Waals surface area contributed by atoms with Gasteiger partial charge in [-0.1, -0.05) is 0 Å². The molecule has 4 rings (SSSR count). The molecule has 0 unspecified atom stereocenters. The zero-order valence-electron chi connectivity index (χ0n) is 14.5. The first-order chi connectivity index (χ1) is 13.0. The lowest BCUT2D eigenvalue weighted by Gasteiger charge is -2.16. The molecule has 0 aliphatic carbocycles. The molecule has 0 fully saturated rings. The van der Waals surface area contributed by atoms with Crippen molar-refractivity contribution in [3.63, 3.8) is 0 Å². The standard InChI is InChI=1S/C20H16N2O4S/c1-21(10-13-6-8-27-12-13)18(23)14-4-5-16-17(9-14)20(25)22(19(16)24)11-15-3-2-7-26-15/h2-9,12H,10-11H2,1H3. The number of thiophene rings is 1. The van der Waals surface area contributed by atoms with Crippen molar-refractivity contribution in [3.05, 3.63) is 81.4 Å². The summed E-state index contributed by atoms with van der Waals surface area (Å²) in [5.41, 5.74) is 1.99. The topological polar surface area (TPSA) is 70.8 Å². The number of rotatable bonds is 5. The van der Waals surface area contributed by atoms with Crippen LogP contribution in [0.4, 0.5) is 0 Å². The van der Waals surface area contributed by atoms with E-state index < -0.39 is 5.91 Å². The lowest BCUT2D eigenvalue weighted by molar-refractivity contribution is 0.0631. The summed E-state index contributed by atoms with van der Waals surface area (Å²) in [6, 6.07) is 10.0. The molecule has 3 aromatic rings. The first-order valence-electron chi connectivity index (χ1n) is 8.34. The fourth-order valence-electron chi connectivity index (χ4n) is 3.07. The normalized spacial score (nSPS) is 13.1. The molecule has 0 spiro atoms. The van der Waals surface area contributed by atoms with Gasteiger partial charge in [0.25, 0.3) is 17.7 Å². The Morgan fingerprint density at radius 3 is 2.67 bits per heavy atom. The molecule has 6 nitrogen and oxygen atoms in total. The van der Waals surface area contributed by atoms with Gasteiger partial charge in [0, 0.05) is 19.2 Å². The highest BCUT2D eigenvalue weighted by atomic mass is 32.1. The summed E-state index contributed by atoms with van der Waals surface area (Å²) in [5, 5.41) is 3.95. The molecule has 1 aromatic carbocycles. The van der Waals surface area contributed by atoms with E-state index in [-0.39, 0.29) is 23.9 Å². The summed E-state index contributed by atoms with van der Waals surface area (Å²) >= 11 is 1.57. The van der Waals surface area contributed by atoms with Crippen LogP contribution >= 0.6 is 11.3 Å². The van der Waals surface area contributed by atoms with E-state index in [1.165, 1.54) is 12.3 Å². The summed E-state index contributed by atoms with van der Waals surface area (Å²) in [6.07, 6.45) is 1.49. The first kappa shape index (κ1) is 17.2. The SMILES string of the molecule is CN(Cc1ccsc1)C(=O)c1ccc2c(c1)C(=O)N(Cc1ccco1)C2=O. The van der Waals surface area contributed by atoms with E-state index in [9.17, 15) is 14.4 Å². The average Bonchev–Trinajstić information content (AvgIpc) is 3.41. The van der Waals surface area contributed by atoms with Crippen LogP contribution in [-0.2, 0) is 13.1 Å². The summed E-state index contributed by atoms with van der Waals surface area (Å²) in [7, 11) is 1.71. The molecule has 1 aliphatic rings. The molecule has 0 atom stereocenters. The van der Waals surface area contributed by atoms with Gasteiger partial charge in [-0.2, -0.15) is 11.3 Å². The van der Waals surface area contributed by atoms with Crippen molar-refractivity contribution in [2.75, 3.05) is 7.05 Å². The first-order valence-corrected chi connectivity index (χ1v) is 9.28. The van der Waals surface area contributed by atoms with Gasteiger partial charge in [0.2, 0.25) is 0 Å². The van der Waals surface area contributed by atoms with Crippen LogP contribution < -0.4 is 0 Å². The molecule has 136 valence electrons. The lowest BCUT2D eigenvalue weighted by Crippen LogP contribution is -2.28. The minimum Gasteiger partial charge on any atom is -0.467 e. The Morgan fingerprint density at radius 2 is 1.96 bits per heavy atom. The summed E-state index contributed by atoms with van der Waals surface area (Å²) < 4.78 is 5.23. The number of carbonyl (C=O) groups is 3. The summed E-state index contributed by atoms with van der Waals surface area (Å²) in [6.45, 7) is 0.553. The van der Waals surface area contributed by atoms with E-state index in [0.29, 0.717) is 23.4 Å². The van der Waals surface area contributed by atoms with Crippen molar-refractivity contribution < 1.29 is 18.8 Å². The van der Waals surface area contributed by atoms with Crippen LogP contribution in [0.25, 0.3) is 0 Å². The number of nitrogens with zero attached hydrogens (tertiary/aromatic N) is 2. The van der Waals surface area contributed by atoms with Crippen LogP contribution in [0.15, 0.2) is 57.8 Å². The third-order valence-electron chi connectivity index (χ3n) is 4.46. The molecule has 27 heavy (non-hydrogen) atoms. The van der Waals surface area contributed by atoms with Crippen molar-refractivity contribution in [1.29, 1.82) is 0 Å². The molecule has 0 radical (unpaired) electrons. The van der Waals surface area contributed by atoms with Gasteiger partial charge in [-0.05, 0) is 52.7 Å². The van der Waals surface area contributed by atoms with Gasteiger partial charge in [0.15, 0.2) is 0 Å². The van der Waals surface area contributed by atoms with Crippen LogP contribution in [0.5, 0.6) is 0 Å². The quantitative estimate of drug-likeness (QED) is 0.636. The maximum absolute atomic E-state index is 12.7. The Labute approximate surface area is 159 Å². The van der Waals surface area contributed by atoms with Crippen LogP contribution in [0.2, 0.25) is 0 Å². The summed E-state index contributed by atoms with van der Waals surface area (Å²) in [4.78, 5) is 40.6. The molecule has 3 amide bonds. The van der Waals surface area contributed by atoms with Gasteiger partial charge in [-0.15, -0.1) is 0 Å². The number of fused-ring (bicyclic) bond motifs is 1. The fourth-order valence-corrected chi connectivity index (χ4v) is 3.73. The van der Waals surface area contributed by atoms with Gasteiger partial charge in [0.1, 0.15) is 5.76 Å². The highest BCUT2D eigenvalue weighted by Crippen LogP contribution is 2.26. The van der Waals surface area contributed by atoms with E-state index >= 15 is 0 Å². The number of hydrogen-bond acceptors (Lipinski definition) is 5. The second-order valence-corrected chi connectivity index (χ2v) is 7.11. The molecule has 0 saturated carbocycles. The van der Waals surface area contributed by atoms with Gasteiger partial charge in [-0.25, -0.2) is 0 Å². The number of carbonyl (C=O) groups excluding carboxylic acids is 3. The van der Waals surface area contributed by atoms with E-state index in [4.69, 9.17) is 4.42 Å². The minimum atomic E-state index is -0.415. The number of amides is 3. The Morgan fingerprint density at radius 1 is 1.15 bits per heavy atom. The molecule has 2 aromatic heterocycles. The number of imide groups is 1. The van der Waals surface area contributed by atoms with E-state index in [2.05, 4.69) is 0 Å². The Hall–Kier alpha value is -3.19. The van der Waals surface area contributed by atoms with Gasteiger partial charge >= 0.3 is 0 Å². The second-order valence-electron chi connectivity index (χ2n) is 6.33. The second kappa shape index (κ2) is 6.85. The number of furan rings is 1. The van der Waals surface area contributed by atoms with Crippen molar-refractivity contribution in [2.45, 2.75) is 13.1 Å². The molecular formula is C20H16N2O4S. The van der Waals surface area contributed by atoms with Crippen molar-refractivity contribution >= 4 is 29.1 Å². The maximum Gasteiger partial charge on any atom is 0.261 e. The highest BCUT2D eigenvalue weighted by molar-refractivity contribution is 7.07. The zero-order valence-corrected chi connectivity index (χ0v) is 15.4. The molecule has 3 heterocycles. The minimum absolute atomic E-state index is 0.0701. The molecular weight excluding hydrogens is 364 g/mol. The van der Waals surface area contributed by atoms with E-state index in [1.807, 2.05) is 16.8 Å². The van der Waals surface area contributed by atoms with Crippen molar-refractivity contribution in [3.8, 4) is 0 Å². The molecule has 0 N–H and O–H groups in total. The molecule has 0 saturated heterocycles. The molecule has 0 bridgehead atoms. The maximum atomic E-state index is 12.7. The Kier molecular flexibility index (Phi) is 4.37. The van der Waals surface area contributed by atoms with E-state index in [0.717, 1.165) is 10.5 Å². The smallest absolute Gasteiger partial charge is 0.261 e. The lowest BCUT2D eigenvalue weighted by atomic mass is 10.0. The van der Waals surface area contributed by atoms with Gasteiger partial charge in [0.05, 0.1) is 23.9 Å². The predicted molar refractivity (Wildman–Crippen MR) is 99.5 cm³/mol. The Balaban J connectivity index is 1.56. The Bertz CT molecular complexity index is 1010. The average molecular weight is 380 g/mol. The van der Waals surface area contributed by atoms with Crippen LogP contribution in [-0.4, -0.2) is 34.6 Å². The van der Waals surface area contributed by atoms with Crippen molar-refractivity contribution in [2.24, 2.45) is 0 Å². The summed E-state index contributed by atoms with van der Waals surface area (Å²) in [5.74, 6) is -0.469. The largest absolute Gasteiger partial charge is 0.467 e. The van der Waals surface area contributed by atoms with Crippen LogP contribution in [0.3, 0.4) is 0 Å². The third kappa shape index (κ3) is 3.17. The number of hydrogen-bond donors (Lipinski definition) is 0. The van der Waals surface area contributed by atoms with E-state index in [1.54, 1.807) is 47.5 Å². The van der Waals surface area contributed by atoms with Crippen molar-refractivity contribution in [1.82, 2.24) is 9.80 Å².